The molecule has 0 spiro atoms. The molecule has 1 aromatic carbocycles. The van der Waals surface area contributed by atoms with Crippen molar-refractivity contribution in [1.82, 2.24) is 9.78 Å². The lowest BCUT2D eigenvalue weighted by Crippen LogP contribution is -2.13. The normalized spacial score (nSPS) is 18.6. The Hall–Kier alpha value is -1.61. The third-order valence-corrected chi connectivity index (χ3v) is 4.28. The van der Waals surface area contributed by atoms with Crippen LogP contribution in [0.3, 0.4) is 0 Å². The molecule has 3 rings (SSSR count). The van der Waals surface area contributed by atoms with Crippen LogP contribution in [-0.2, 0) is 0 Å². The summed E-state index contributed by atoms with van der Waals surface area (Å²) in [5, 5.41) is 15.1. The molecular formula is C17H22N2O. The van der Waals surface area contributed by atoms with Crippen molar-refractivity contribution in [3.63, 3.8) is 0 Å². The summed E-state index contributed by atoms with van der Waals surface area (Å²) in [4.78, 5) is 0. The summed E-state index contributed by atoms with van der Waals surface area (Å²) >= 11 is 0. The van der Waals surface area contributed by atoms with Gasteiger partial charge in [-0.15, -0.1) is 0 Å². The number of aromatic nitrogens is 2. The fraction of sp³-hybridized carbons (Fsp3) is 0.471. The minimum Gasteiger partial charge on any atom is -0.386 e. The van der Waals surface area contributed by atoms with Crippen LogP contribution >= 0.6 is 0 Å². The maximum atomic E-state index is 10.6. The molecule has 1 fully saturated rings. The topological polar surface area (TPSA) is 38.0 Å². The quantitative estimate of drug-likeness (QED) is 0.860. The Morgan fingerprint density at radius 2 is 1.70 bits per heavy atom. The molecule has 1 saturated carbocycles. The van der Waals surface area contributed by atoms with Gasteiger partial charge in [-0.1, -0.05) is 43.9 Å². The highest BCUT2D eigenvalue weighted by atomic mass is 16.3. The second-order valence-corrected chi connectivity index (χ2v) is 5.72. The molecule has 0 saturated heterocycles. The first-order valence-electron chi connectivity index (χ1n) is 7.63. The van der Waals surface area contributed by atoms with Crippen LogP contribution in [0, 0.1) is 5.92 Å². The highest BCUT2D eigenvalue weighted by molar-refractivity contribution is 5.30. The second kappa shape index (κ2) is 6.23. The van der Waals surface area contributed by atoms with Gasteiger partial charge in [0.25, 0.3) is 0 Å². The van der Waals surface area contributed by atoms with Crippen molar-refractivity contribution in [2.75, 3.05) is 0 Å². The Morgan fingerprint density at radius 3 is 2.40 bits per heavy atom. The van der Waals surface area contributed by atoms with Crippen LogP contribution < -0.4 is 0 Å². The first-order valence-corrected chi connectivity index (χ1v) is 7.63. The number of benzene rings is 1. The van der Waals surface area contributed by atoms with Gasteiger partial charge in [-0.3, -0.25) is 0 Å². The van der Waals surface area contributed by atoms with Gasteiger partial charge in [0, 0.05) is 6.20 Å². The van der Waals surface area contributed by atoms with Crippen molar-refractivity contribution >= 4 is 0 Å². The molecule has 20 heavy (non-hydrogen) atoms. The Labute approximate surface area is 120 Å². The Kier molecular flexibility index (Phi) is 4.16. The van der Waals surface area contributed by atoms with Crippen LogP contribution in [0.2, 0.25) is 0 Å². The Bertz CT molecular complexity index is 527. The molecule has 0 amide bonds. The molecule has 1 atom stereocenters. The van der Waals surface area contributed by atoms with Crippen molar-refractivity contribution in [2.45, 2.75) is 44.6 Å². The molecule has 0 bridgehead atoms. The van der Waals surface area contributed by atoms with E-state index in [-0.39, 0.29) is 0 Å². The molecule has 1 N–H and O–H groups in total. The van der Waals surface area contributed by atoms with Crippen molar-refractivity contribution in [2.24, 2.45) is 5.92 Å². The summed E-state index contributed by atoms with van der Waals surface area (Å²) in [6.07, 6.45) is 8.85. The number of aliphatic hydroxyl groups excluding tert-OH is 1. The van der Waals surface area contributed by atoms with Gasteiger partial charge in [0.15, 0.2) is 0 Å². The van der Waals surface area contributed by atoms with E-state index in [4.69, 9.17) is 0 Å². The van der Waals surface area contributed by atoms with Gasteiger partial charge < -0.3 is 5.11 Å². The van der Waals surface area contributed by atoms with Crippen molar-refractivity contribution in [3.8, 4) is 5.69 Å². The van der Waals surface area contributed by atoms with E-state index in [2.05, 4.69) is 5.10 Å². The summed E-state index contributed by atoms with van der Waals surface area (Å²) in [7, 11) is 0. The fourth-order valence-corrected chi connectivity index (χ4v) is 3.09. The van der Waals surface area contributed by atoms with E-state index in [1.54, 1.807) is 0 Å². The van der Waals surface area contributed by atoms with E-state index in [1.807, 2.05) is 47.3 Å². The first-order chi connectivity index (χ1) is 9.84. The van der Waals surface area contributed by atoms with Gasteiger partial charge in [0.2, 0.25) is 0 Å². The molecule has 1 aromatic heterocycles. The van der Waals surface area contributed by atoms with E-state index < -0.39 is 6.10 Å². The zero-order valence-corrected chi connectivity index (χ0v) is 11.8. The van der Waals surface area contributed by atoms with Crippen LogP contribution in [0.25, 0.3) is 5.69 Å². The molecule has 1 unspecified atom stereocenters. The van der Waals surface area contributed by atoms with Crippen LogP contribution in [0.1, 0.15) is 50.3 Å². The zero-order chi connectivity index (χ0) is 13.8. The van der Waals surface area contributed by atoms with Gasteiger partial charge in [0.05, 0.1) is 11.4 Å². The van der Waals surface area contributed by atoms with E-state index in [9.17, 15) is 5.11 Å². The number of para-hydroxylation sites is 1. The standard InChI is InChI=1S/C17H22N2O/c20-17(14-8-4-1-2-5-9-14)16-12-13-19(18-16)15-10-6-3-7-11-15/h3,6-7,10-14,17,20H,1-2,4-5,8-9H2. The second-order valence-electron chi connectivity index (χ2n) is 5.72. The molecule has 0 radical (unpaired) electrons. The smallest absolute Gasteiger partial charge is 0.101 e. The molecule has 106 valence electrons. The molecular weight excluding hydrogens is 248 g/mol. The predicted molar refractivity (Wildman–Crippen MR) is 79.7 cm³/mol. The third-order valence-electron chi connectivity index (χ3n) is 4.28. The van der Waals surface area contributed by atoms with Crippen LogP contribution in [-0.4, -0.2) is 14.9 Å². The number of aliphatic hydroxyl groups is 1. The average molecular weight is 270 g/mol. The van der Waals surface area contributed by atoms with Gasteiger partial charge in [-0.25, -0.2) is 4.68 Å². The van der Waals surface area contributed by atoms with E-state index in [0.717, 1.165) is 24.2 Å². The van der Waals surface area contributed by atoms with Gasteiger partial charge in [0.1, 0.15) is 6.10 Å². The lowest BCUT2D eigenvalue weighted by Gasteiger charge is -2.19. The summed E-state index contributed by atoms with van der Waals surface area (Å²) in [5.74, 6) is 0.372. The number of hydrogen-bond donors (Lipinski definition) is 1. The molecule has 0 aliphatic heterocycles. The molecule has 2 aromatic rings. The van der Waals surface area contributed by atoms with E-state index in [1.165, 1.54) is 25.7 Å². The van der Waals surface area contributed by atoms with E-state index in [0.29, 0.717) is 5.92 Å². The first kappa shape index (κ1) is 13.4. The Balaban J connectivity index is 1.75. The largest absolute Gasteiger partial charge is 0.386 e. The van der Waals surface area contributed by atoms with Crippen molar-refractivity contribution in [1.29, 1.82) is 0 Å². The average Bonchev–Trinajstić information content (AvgIpc) is 2.83. The zero-order valence-electron chi connectivity index (χ0n) is 11.8. The highest BCUT2D eigenvalue weighted by Crippen LogP contribution is 2.32. The predicted octanol–water partition coefficient (Wildman–Crippen LogP) is 3.88. The minimum atomic E-state index is -0.418. The fourth-order valence-electron chi connectivity index (χ4n) is 3.09. The molecule has 3 heteroatoms. The summed E-state index contributed by atoms with van der Waals surface area (Å²) in [6, 6.07) is 12.0. The minimum absolute atomic E-state index is 0.372. The maximum absolute atomic E-state index is 10.6. The lowest BCUT2D eigenvalue weighted by molar-refractivity contribution is 0.0944. The van der Waals surface area contributed by atoms with Crippen LogP contribution in [0.5, 0.6) is 0 Å². The van der Waals surface area contributed by atoms with Crippen LogP contribution in [0.4, 0.5) is 0 Å². The number of nitrogens with zero attached hydrogens (tertiary/aromatic N) is 2. The number of rotatable bonds is 3. The molecule has 1 aliphatic rings. The van der Waals surface area contributed by atoms with Gasteiger partial charge >= 0.3 is 0 Å². The monoisotopic (exact) mass is 270 g/mol. The van der Waals surface area contributed by atoms with Gasteiger partial charge in [-0.2, -0.15) is 5.10 Å². The summed E-state index contributed by atoms with van der Waals surface area (Å²) in [5.41, 5.74) is 1.84. The third kappa shape index (κ3) is 2.93. The summed E-state index contributed by atoms with van der Waals surface area (Å²) < 4.78 is 1.84. The molecule has 1 aliphatic carbocycles. The van der Waals surface area contributed by atoms with Crippen molar-refractivity contribution < 1.29 is 5.11 Å². The van der Waals surface area contributed by atoms with Crippen LogP contribution in [0.15, 0.2) is 42.6 Å². The molecule has 1 heterocycles. The molecule has 3 nitrogen and oxygen atoms in total. The number of hydrogen-bond acceptors (Lipinski definition) is 2. The van der Waals surface area contributed by atoms with E-state index >= 15 is 0 Å². The highest BCUT2D eigenvalue weighted by Gasteiger charge is 2.24. The van der Waals surface area contributed by atoms with Gasteiger partial charge in [-0.05, 0) is 37.0 Å². The maximum Gasteiger partial charge on any atom is 0.101 e. The Morgan fingerprint density at radius 1 is 1.00 bits per heavy atom. The summed E-state index contributed by atoms with van der Waals surface area (Å²) in [6.45, 7) is 0. The lowest BCUT2D eigenvalue weighted by atomic mass is 9.92. The SMILES string of the molecule is OC(c1ccn(-c2ccccc2)n1)C1CCCCCC1. The van der Waals surface area contributed by atoms with Crippen molar-refractivity contribution in [3.05, 3.63) is 48.3 Å².